The molecule has 0 spiro atoms. The third kappa shape index (κ3) is 3.30. The summed E-state index contributed by atoms with van der Waals surface area (Å²) in [5.41, 5.74) is 0.557. The fourth-order valence-corrected chi connectivity index (χ4v) is 4.28. The number of aliphatic imine (C=N–C) groups is 1. The molecule has 2 aromatic rings. The van der Waals surface area contributed by atoms with Crippen LogP contribution in [0.2, 0.25) is 0 Å². The Morgan fingerprint density at radius 3 is 2.65 bits per heavy atom. The van der Waals surface area contributed by atoms with Gasteiger partial charge < -0.3 is 9.32 Å². The van der Waals surface area contributed by atoms with E-state index in [9.17, 15) is 19.2 Å². The SMILES string of the molecule is O=C(c1cc(=O)c2ccccc2o1)N1CCC(N2C(=O)N=C3C=CC=CC3C2=O)CC1. The van der Waals surface area contributed by atoms with E-state index >= 15 is 0 Å². The number of hydrogen-bond acceptors (Lipinski definition) is 5. The van der Waals surface area contributed by atoms with Crippen LogP contribution in [-0.4, -0.2) is 52.5 Å². The molecule has 31 heavy (non-hydrogen) atoms. The van der Waals surface area contributed by atoms with E-state index in [4.69, 9.17) is 4.42 Å². The number of para-hydroxylation sites is 1. The molecular formula is C23H19N3O5. The third-order valence-corrected chi connectivity index (χ3v) is 5.90. The topological polar surface area (TPSA) is 100 Å². The highest BCUT2D eigenvalue weighted by molar-refractivity contribution is 6.21. The van der Waals surface area contributed by atoms with E-state index in [0.717, 1.165) is 0 Å². The van der Waals surface area contributed by atoms with E-state index in [2.05, 4.69) is 4.99 Å². The first-order chi connectivity index (χ1) is 15.0. The van der Waals surface area contributed by atoms with E-state index in [0.29, 0.717) is 42.6 Å². The maximum atomic E-state index is 12.9. The summed E-state index contributed by atoms with van der Waals surface area (Å²) in [4.78, 5) is 57.4. The number of piperidine rings is 1. The summed E-state index contributed by atoms with van der Waals surface area (Å²) >= 11 is 0. The van der Waals surface area contributed by atoms with Gasteiger partial charge in [-0.2, -0.15) is 4.99 Å². The zero-order valence-electron chi connectivity index (χ0n) is 16.6. The first kappa shape index (κ1) is 19.2. The first-order valence-electron chi connectivity index (χ1n) is 10.2. The Hall–Kier alpha value is -3.81. The predicted molar refractivity (Wildman–Crippen MR) is 113 cm³/mol. The summed E-state index contributed by atoms with van der Waals surface area (Å²) in [6, 6.07) is 7.12. The van der Waals surface area contributed by atoms with Gasteiger partial charge >= 0.3 is 6.03 Å². The average Bonchev–Trinajstić information content (AvgIpc) is 2.79. The number of rotatable bonds is 2. The zero-order chi connectivity index (χ0) is 21.5. The fraction of sp³-hybridized carbons (Fsp3) is 0.261. The lowest BCUT2D eigenvalue weighted by atomic mass is 9.93. The van der Waals surface area contributed by atoms with E-state index in [1.807, 2.05) is 0 Å². The number of imide groups is 1. The standard InChI is InChI=1S/C23H19N3O5/c27-18-13-20(31-19-8-4-2-6-16(18)19)22(29)25-11-9-14(10-12-25)26-21(28)15-5-1-3-7-17(15)24-23(26)30/h1-8,13-15H,9-12H2. The van der Waals surface area contributed by atoms with Gasteiger partial charge in [-0.25, -0.2) is 4.79 Å². The minimum atomic E-state index is -0.554. The minimum absolute atomic E-state index is 0.0133. The largest absolute Gasteiger partial charge is 0.451 e. The maximum Gasteiger partial charge on any atom is 0.350 e. The third-order valence-electron chi connectivity index (χ3n) is 5.90. The highest BCUT2D eigenvalue weighted by Gasteiger charge is 2.41. The maximum absolute atomic E-state index is 12.9. The number of urea groups is 1. The van der Waals surface area contributed by atoms with Crippen molar-refractivity contribution in [3.63, 3.8) is 0 Å². The quantitative estimate of drug-likeness (QED) is 0.748. The van der Waals surface area contributed by atoms with Gasteiger partial charge in [-0.1, -0.05) is 30.4 Å². The van der Waals surface area contributed by atoms with Gasteiger partial charge in [0.15, 0.2) is 11.2 Å². The number of amides is 4. The molecular weight excluding hydrogens is 398 g/mol. The molecule has 0 bridgehead atoms. The minimum Gasteiger partial charge on any atom is -0.451 e. The van der Waals surface area contributed by atoms with Crippen LogP contribution in [0.1, 0.15) is 23.4 Å². The molecule has 1 unspecified atom stereocenters. The van der Waals surface area contributed by atoms with E-state index in [1.165, 1.54) is 11.0 Å². The first-order valence-corrected chi connectivity index (χ1v) is 10.2. The molecule has 0 saturated carbocycles. The molecule has 4 amide bonds. The van der Waals surface area contributed by atoms with Crippen LogP contribution in [0.3, 0.4) is 0 Å². The number of likely N-dealkylation sites (tertiary alicyclic amines) is 1. The van der Waals surface area contributed by atoms with Gasteiger partial charge in [-0.3, -0.25) is 19.3 Å². The van der Waals surface area contributed by atoms with Gasteiger partial charge in [0.25, 0.3) is 5.91 Å². The summed E-state index contributed by atoms with van der Waals surface area (Å²) in [5.74, 6) is -1.20. The summed E-state index contributed by atoms with van der Waals surface area (Å²) < 4.78 is 5.65. The number of carbonyl (C=O) groups excluding carboxylic acids is 3. The van der Waals surface area contributed by atoms with Crippen LogP contribution in [0, 0.1) is 5.92 Å². The second kappa shape index (κ2) is 7.46. The molecule has 2 aliphatic heterocycles. The van der Waals surface area contributed by atoms with Crippen LogP contribution in [0.5, 0.6) is 0 Å². The normalized spacial score (nSPS) is 21.4. The number of carbonyl (C=O) groups is 3. The van der Waals surface area contributed by atoms with Crippen LogP contribution < -0.4 is 5.43 Å². The number of allylic oxidation sites excluding steroid dienone is 3. The molecule has 0 N–H and O–H groups in total. The molecule has 1 atom stereocenters. The number of benzene rings is 1. The van der Waals surface area contributed by atoms with Gasteiger partial charge in [0.05, 0.1) is 17.0 Å². The Kier molecular flexibility index (Phi) is 4.62. The van der Waals surface area contributed by atoms with Crippen molar-refractivity contribution in [2.24, 2.45) is 10.9 Å². The van der Waals surface area contributed by atoms with E-state index in [-0.39, 0.29) is 29.0 Å². The fourth-order valence-electron chi connectivity index (χ4n) is 4.28. The van der Waals surface area contributed by atoms with Crippen molar-refractivity contribution in [3.8, 4) is 0 Å². The van der Waals surface area contributed by atoms with Crippen molar-refractivity contribution in [1.29, 1.82) is 0 Å². The van der Waals surface area contributed by atoms with Crippen molar-refractivity contribution in [1.82, 2.24) is 9.80 Å². The molecule has 0 radical (unpaired) electrons. The summed E-state index contributed by atoms with van der Waals surface area (Å²) in [6.07, 6.45) is 7.82. The lowest BCUT2D eigenvalue weighted by Gasteiger charge is -2.39. The summed E-state index contributed by atoms with van der Waals surface area (Å²) in [7, 11) is 0. The second-order valence-corrected chi connectivity index (χ2v) is 7.74. The van der Waals surface area contributed by atoms with Gasteiger partial charge in [0.2, 0.25) is 5.91 Å². The van der Waals surface area contributed by atoms with Gasteiger partial charge in [0, 0.05) is 25.2 Å². The van der Waals surface area contributed by atoms with Crippen molar-refractivity contribution in [2.75, 3.05) is 13.1 Å². The Bertz CT molecular complexity index is 1250. The smallest absolute Gasteiger partial charge is 0.350 e. The van der Waals surface area contributed by atoms with E-state index < -0.39 is 11.9 Å². The lowest BCUT2D eigenvalue weighted by molar-refractivity contribution is -0.131. The Morgan fingerprint density at radius 1 is 1.06 bits per heavy atom. The molecule has 5 rings (SSSR count). The van der Waals surface area contributed by atoms with Crippen LogP contribution >= 0.6 is 0 Å². The second-order valence-electron chi connectivity index (χ2n) is 7.74. The van der Waals surface area contributed by atoms with Crippen LogP contribution in [0.4, 0.5) is 4.79 Å². The highest BCUT2D eigenvalue weighted by atomic mass is 16.3. The molecule has 156 valence electrons. The Morgan fingerprint density at radius 2 is 1.84 bits per heavy atom. The number of nitrogens with zero attached hydrogens (tertiary/aromatic N) is 3. The van der Waals surface area contributed by atoms with Crippen LogP contribution in [-0.2, 0) is 4.79 Å². The Labute approximate surface area is 177 Å². The predicted octanol–water partition coefficient (Wildman–Crippen LogP) is 2.54. The molecule has 3 aliphatic rings. The molecule has 3 heterocycles. The molecule has 1 saturated heterocycles. The molecule has 8 nitrogen and oxygen atoms in total. The van der Waals surface area contributed by atoms with Crippen LogP contribution in [0.25, 0.3) is 11.0 Å². The zero-order valence-corrected chi connectivity index (χ0v) is 16.6. The van der Waals surface area contributed by atoms with Crippen molar-refractivity contribution >= 4 is 34.5 Å². The van der Waals surface area contributed by atoms with Crippen molar-refractivity contribution < 1.29 is 18.8 Å². The van der Waals surface area contributed by atoms with Crippen molar-refractivity contribution in [2.45, 2.75) is 18.9 Å². The summed E-state index contributed by atoms with van der Waals surface area (Å²) in [5, 5.41) is 0.423. The highest BCUT2D eigenvalue weighted by Crippen LogP contribution is 2.26. The van der Waals surface area contributed by atoms with Crippen molar-refractivity contribution in [3.05, 3.63) is 70.6 Å². The number of hydrogen-bond donors (Lipinski definition) is 0. The molecule has 1 aliphatic carbocycles. The Balaban J connectivity index is 1.31. The van der Waals surface area contributed by atoms with Gasteiger partial charge in [0.1, 0.15) is 5.58 Å². The number of fused-ring (bicyclic) bond motifs is 2. The molecule has 1 fully saturated rings. The van der Waals surface area contributed by atoms with Gasteiger partial charge in [-0.15, -0.1) is 0 Å². The van der Waals surface area contributed by atoms with Gasteiger partial charge in [-0.05, 0) is 31.1 Å². The monoisotopic (exact) mass is 417 g/mol. The molecule has 1 aromatic carbocycles. The molecule has 8 heteroatoms. The molecule has 1 aromatic heterocycles. The lowest BCUT2D eigenvalue weighted by Crippen LogP contribution is -2.54. The average molecular weight is 417 g/mol. The summed E-state index contributed by atoms with van der Waals surface area (Å²) in [6.45, 7) is 0.683. The van der Waals surface area contributed by atoms with E-state index in [1.54, 1.807) is 53.5 Å². The van der Waals surface area contributed by atoms with Crippen LogP contribution in [0.15, 0.2) is 68.8 Å².